The molecule has 0 saturated heterocycles. The molecule has 0 aliphatic heterocycles. The zero-order valence-electron chi connectivity index (χ0n) is 13.0. The van der Waals surface area contributed by atoms with Crippen molar-refractivity contribution in [2.75, 3.05) is 26.1 Å². The lowest BCUT2D eigenvalue weighted by molar-refractivity contribution is 0.312. The maximum atomic E-state index is 5.47. The van der Waals surface area contributed by atoms with Gasteiger partial charge in [0.2, 0.25) is 5.95 Å². The van der Waals surface area contributed by atoms with E-state index in [2.05, 4.69) is 26.3 Å². The SMILES string of the molecule is CCOc1nc(NC)nc(-c2c(C)cc(C)cc2OC)n1. The van der Waals surface area contributed by atoms with Gasteiger partial charge in [-0.05, 0) is 38.0 Å². The lowest BCUT2D eigenvalue weighted by Gasteiger charge is -2.13. The molecule has 0 bridgehead atoms. The van der Waals surface area contributed by atoms with Crippen LogP contribution in [0.25, 0.3) is 11.4 Å². The molecular formula is C15H20N4O2. The largest absolute Gasteiger partial charge is 0.496 e. The van der Waals surface area contributed by atoms with Crippen LogP contribution in [0.3, 0.4) is 0 Å². The van der Waals surface area contributed by atoms with Crippen molar-refractivity contribution in [1.29, 1.82) is 0 Å². The van der Waals surface area contributed by atoms with E-state index in [9.17, 15) is 0 Å². The third kappa shape index (κ3) is 3.21. The van der Waals surface area contributed by atoms with E-state index in [1.165, 1.54) is 0 Å². The number of benzene rings is 1. The molecule has 1 heterocycles. The third-order valence-electron chi connectivity index (χ3n) is 3.00. The number of nitrogens with one attached hydrogen (secondary N) is 1. The summed E-state index contributed by atoms with van der Waals surface area (Å²) in [5, 5.41) is 2.92. The topological polar surface area (TPSA) is 69.2 Å². The molecule has 0 saturated carbocycles. The molecule has 112 valence electrons. The molecule has 0 unspecified atom stereocenters. The minimum absolute atomic E-state index is 0.300. The van der Waals surface area contributed by atoms with Gasteiger partial charge >= 0.3 is 6.01 Å². The number of anilines is 1. The van der Waals surface area contributed by atoms with Gasteiger partial charge in [0.05, 0.1) is 19.3 Å². The van der Waals surface area contributed by atoms with Gasteiger partial charge in [-0.15, -0.1) is 0 Å². The highest BCUT2D eigenvalue weighted by molar-refractivity contribution is 5.69. The van der Waals surface area contributed by atoms with E-state index in [0.717, 1.165) is 22.4 Å². The van der Waals surface area contributed by atoms with Gasteiger partial charge < -0.3 is 14.8 Å². The van der Waals surface area contributed by atoms with E-state index >= 15 is 0 Å². The summed E-state index contributed by atoms with van der Waals surface area (Å²) in [5.74, 6) is 1.74. The van der Waals surface area contributed by atoms with Crippen LogP contribution in [0.5, 0.6) is 11.8 Å². The normalized spacial score (nSPS) is 10.3. The summed E-state index contributed by atoms with van der Waals surface area (Å²) in [5.41, 5.74) is 3.02. The fourth-order valence-corrected chi connectivity index (χ4v) is 2.15. The van der Waals surface area contributed by atoms with Gasteiger partial charge in [-0.1, -0.05) is 6.07 Å². The maximum Gasteiger partial charge on any atom is 0.321 e. The number of nitrogens with zero attached hydrogens (tertiary/aromatic N) is 3. The fourth-order valence-electron chi connectivity index (χ4n) is 2.15. The summed E-state index contributed by atoms with van der Waals surface area (Å²) in [6.45, 7) is 6.42. The molecule has 2 rings (SSSR count). The molecule has 1 aromatic heterocycles. The number of aromatic nitrogens is 3. The van der Waals surface area contributed by atoms with Crippen LogP contribution in [-0.4, -0.2) is 35.7 Å². The molecule has 6 nitrogen and oxygen atoms in total. The summed E-state index contributed by atoms with van der Waals surface area (Å²) < 4.78 is 10.9. The first-order valence-electron chi connectivity index (χ1n) is 6.81. The quantitative estimate of drug-likeness (QED) is 0.912. The second kappa shape index (κ2) is 6.39. The standard InChI is InChI=1S/C15H20N4O2/c1-6-21-15-18-13(17-14(16-4)19-15)12-10(3)7-9(2)8-11(12)20-5/h7-8H,6H2,1-5H3,(H,16,17,18,19). The number of methoxy groups -OCH3 is 1. The first kappa shape index (κ1) is 15.0. The van der Waals surface area contributed by atoms with Crippen molar-refractivity contribution in [3.8, 4) is 23.1 Å². The fraction of sp³-hybridized carbons (Fsp3) is 0.400. The molecule has 0 aliphatic carbocycles. The van der Waals surface area contributed by atoms with Crippen LogP contribution in [0.2, 0.25) is 0 Å². The van der Waals surface area contributed by atoms with E-state index in [0.29, 0.717) is 24.4 Å². The van der Waals surface area contributed by atoms with E-state index in [1.54, 1.807) is 14.2 Å². The molecule has 0 radical (unpaired) electrons. The van der Waals surface area contributed by atoms with Crippen molar-refractivity contribution in [2.24, 2.45) is 0 Å². The number of rotatable bonds is 5. The molecule has 1 aromatic carbocycles. The predicted octanol–water partition coefficient (Wildman–Crippen LogP) is 2.60. The van der Waals surface area contributed by atoms with E-state index in [1.807, 2.05) is 26.8 Å². The zero-order chi connectivity index (χ0) is 15.4. The highest BCUT2D eigenvalue weighted by atomic mass is 16.5. The average molecular weight is 288 g/mol. The first-order valence-corrected chi connectivity index (χ1v) is 6.81. The second-order valence-electron chi connectivity index (χ2n) is 4.61. The smallest absolute Gasteiger partial charge is 0.321 e. The summed E-state index contributed by atoms with van der Waals surface area (Å²) in [6.07, 6.45) is 0. The summed E-state index contributed by atoms with van der Waals surface area (Å²) in [4.78, 5) is 13.0. The predicted molar refractivity (Wildman–Crippen MR) is 82.0 cm³/mol. The van der Waals surface area contributed by atoms with Gasteiger partial charge in [-0.3, -0.25) is 0 Å². The van der Waals surface area contributed by atoms with E-state index in [-0.39, 0.29) is 0 Å². The summed E-state index contributed by atoms with van der Waals surface area (Å²) in [7, 11) is 3.40. The van der Waals surface area contributed by atoms with Gasteiger partial charge in [-0.25, -0.2) is 0 Å². The number of hydrogen-bond donors (Lipinski definition) is 1. The van der Waals surface area contributed by atoms with Gasteiger partial charge in [0.25, 0.3) is 0 Å². The molecule has 2 aromatic rings. The molecule has 0 spiro atoms. The van der Waals surface area contributed by atoms with Crippen LogP contribution in [0, 0.1) is 13.8 Å². The molecular weight excluding hydrogens is 268 g/mol. The van der Waals surface area contributed by atoms with Crippen LogP contribution in [0.15, 0.2) is 12.1 Å². The van der Waals surface area contributed by atoms with Gasteiger partial charge in [-0.2, -0.15) is 15.0 Å². The van der Waals surface area contributed by atoms with E-state index < -0.39 is 0 Å². The maximum absolute atomic E-state index is 5.47. The molecule has 0 aliphatic rings. The minimum atomic E-state index is 0.300. The minimum Gasteiger partial charge on any atom is -0.496 e. The van der Waals surface area contributed by atoms with E-state index in [4.69, 9.17) is 9.47 Å². The lowest BCUT2D eigenvalue weighted by Crippen LogP contribution is -2.06. The number of hydrogen-bond acceptors (Lipinski definition) is 6. The van der Waals surface area contributed by atoms with Crippen LogP contribution in [0.1, 0.15) is 18.1 Å². The molecule has 0 atom stereocenters. The molecule has 21 heavy (non-hydrogen) atoms. The molecule has 0 fully saturated rings. The Balaban J connectivity index is 2.63. The van der Waals surface area contributed by atoms with Crippen LogP contribution >= 0.6 is 0 Å². The summed E-state index contributed by atoms with van der Waals surface area (Å²) >= 11 is 0. The van der Waals surface area contributed by atoms with Crippen LogP contribution in [0.4, 0.5) is 5.95 Å². The van der Waals surface area contributed by atoms with Crippen molar-refractivity contribution < 1.29 is 9.47 Å². The highest BCUT2D eigenvalue weighted by Crippen LogP contribution is 2.33. The molecule has 6 heteroatoms. The van der Waals surface area contributed by atoms with Gasteiger partial charge in [0, 0.05) is 7.05 Å². The second-order valence-corrected chi connectivity index (χ2v) is 4.61. The first-order chi connectivity index (χ1) is 10.1. The Bertz CT molecular complexity index is 644. The highest BCUT2D eigenvalue weighted by Gasteiger charge is 2.16. The lowest BCUT2D eigenvalue weighted by atomic mass is 10.0. The monoisotopic (exact) mass is 288 g/mol. The third-order valence-corrected chi connectivity index (χ3v) is 3.00. The Kier molecular flexibility index (Phi) is 4.57. The number of ether oxygens (including phenoxy) is 2. The molecule has 0 amide bonds. The van der Waals surface area contributed by atoms with Gasteiger partial charge in [0.15, 0.2) is 5.82 Å². The Morgan fingerprint density at radius 2 is 1.90 bits per heavy atom. The zero-order valence-corrected chi connectivity index (χ0v) is 13.0. The Morgan fingerprint density at radius 3 is 2.52 bits per heavy atom. The van der Waals surface area contributed by atoms with Gasteiger partial charge in [0.1, 0.15) is 5.75 Å². The van der Waals surface area contributed by atoms with Crippen molar-refractivity contribution in [1.82, 2.24) is 15.0 Å². The van der Waals surface area contributed by atoms with Crippen molar-refractivity contribution >= 4 is 5.95 Å². The molecule has 1 N–H and O–H groups in total. The Labute approximate surface area is 124 Å². The Hall–Kier alpha value is -2.37. The van der Waals surface area contributed by atoms with Crippen LogP contribution < -0.4 is 14.8 Å². The van der Waals surface area contributed by atoms with Crippen LogP contribution in [-0.2, 0) is 0 Å². The Morgan fingerprint density at radius 1 is 1.14 bits per heavy atom. The summed E-state index contributed by atoms with van der Waals surface area (Å²) in [6, 6.07) is 4.33. The van der Waals surface area contributed by atoms with Crippen molar-refractivity contribution in [3.63, 3.8) is 0 Å². The van der Waals surface area contributed by atoms with Crippen molar-refractivity contribution in [2.45, 2.75) is 20.8 Å². The van der Waals surface area contributed by atoms with Crippen molar-refractivity contribution in [3.05, 3.63) is 23.3 Å². The number of aryl methyl sites for hydroxylation is 2. The average Bonchev–Trinajstić information content (AvgIpc) is 2.46.